The van der Waals surface area contributed by atoms with Crippen molar-refractivity contribution in [2.24, 2.45) is 10.2 Å². The number of phenols is 1. The highest BCUT2D eigenvalue weighted by Gasteiger charge is 2.07. The first-order valence-corrected chi connectivity index (χ1v) is 5.47. The van der Waals surface area contributed by atoms with Crippen LogP contribution in [0, 0.1) is 0 Å². The van der Waals surface area contributed by atoms with Gasteiger partial charge >= 0.3 is 0 Å². The lowest BCUT2D eigenvalue weighted by Crippen LogP contribution is -1.91. The Morgan fingerprint density at radius 3 is 2.44 bits per heavy atom. The van der Waals surface area contributed by atoms with Gasteiger partial charge in [0.25, 0.3) is 0 Å². The number of carbonyl (C=O) groups excluding carboxylic acids is 1. The Bertz CT molecular complexity index is 592. The molecule has 0 spiro atoms. The third-order valence-electron chi connectivity index (χ3n) is 2.39. The van der Waals surface area contributed by atoms with Crippen LogP contribution in [-0.4, -0.2) is 10.9 Å². The van der Waals surface area contributed by atoms with Gasteiger partial charge in [-0.2, -0.15) is 5.11 Å². The highest BCUT2D eigenvalue weighted by atomic mass is 16.3. The van der Waals surface area contributed by atoms with Gasteiger partial charge in [-0.05, 0) is 37.3 Å². The molecule has 2 rings (SSSR count). The molecule has 18 heavy (non-hydrogen) atoms. The lowest BCUT2D eigenvalue weighted by molar-refractivity contribution is 0.101. The normalized spacial score (nSPS) is 10.7. The molecule has 0 aliphatic rings. The summed E-state index contributed by atoms with van der Waals surface area (Å²) in [4.78, 5) is 11.4. The summed E-state index contributed by atoms with van der Waals surface area (Å²) in [5.41, 5.74) is 1.51. The van der Waals surface area contributed by atoms with Crippen LogP contribution >= 0.6 is 0 Å². The van der Waals surface area contributed by atoms with Crippen molar-refractivity contribution in [3.8, 4) is 5.75 Å². The molecule has 2 aromatic rings. The monoisotopic (exact) mass is 240 g/mol. The minimum Gasteiger partial charge on any atom is -0.508 e. The van der Waals surface area contributed by atoms with Gasteiger partial charge in [-0.3, -0.25) is 4.79 Å². The van der Waals surface area contributed by atoms with Crippen molar-refractivity contribution in [1.29, 1.82) is 0 Å². The maximum absolute atomic E-state index is 11.4. The number of nitrogens with zero attached hydrogens (tertiary/aromatic N) is 2. The SMILES string of the molecule is CC(=O)c1cc(O)ccc1N=Nc1ccccc1. The molecule has 0 saturated heterocycles. The van der Waals surface area contributed by atoms with Crippen molar-refractivity contribution in [2.45, 2.75) is 6.92 Å². The van der Waals surface area contributed by atoms with Crippen LogP contribution in [0.5, 0.6) is 5.75 Å². The lowest BCUT2D eigenvalue weighted by Gasteiger charge is -2.01. The van der Waals surface area contributed by atoms with Gasteiger partial charge in [0.15, 0.2) is 5.78 Å². The Labute approximate surface area is 105 Å². The molecule has 0 aromatic heterocycles. The van der Waals surface area contributed by atoms with E-state index in [0.717, 1.165) is 0 Å². The first-order chi connectivity index (χ1) is 8.66. The minimum absolute atomic E-state index is 0.0406. The highest BCUT2D eigenvalue weighted by Crippen LogP contribution is 2.26. The summed E-state index contributed by atoms with van der Waals surface area (Å²) in [6, 6.07) is 13.7. The number of hydrogen-bond acceptors (Lipinski definition) is 4. The Hall–Kier alpha value is -2.49. The summed E-state index contributed by atoms with van der Waals surface area (Å²) in [6.45, 7) is 1.43. The van der Waals surface area contributed by atoms with Crippen LogP contribution < -0.4 is 0 Å². The van der Waals surface area contributed by atoms with E-state index < -0.39 is 0 Å². The van der Waals surface area contributed by atoms with Gasteiger partial charge < -0.3 is 5.11 Å². The van der Waals surface area contributed by atoms with E-state index >= 15 is 0 Å². The second kappa shape index (κ2) is 5.23. The van der Waals surface area contributed by atoms with Gasteiger partial charge in [0.05, 0.1) is 11.4 Å². The zero-order chi connectivity index (χ0) is 13.0. The number of azo groups is 1. The fourth-order valence-corrected chi connectivity index (χ4v) is 1.50. The van der Waals surface area contributed by atoms with Crippen LogP contribution in [0.4, 0.5) is 11.4 Å². The third-order valence-corrected chi connectivity index (χ3v) is 2.39. The summed E-state index contributed by atoms with van der Waals surface area (Å²) in [6.07, 6.45) is 0. The van der Waals surface area contributed by atoms with Gasteiger partial charge in [-0.15, -0.1) is 5.11 Å². The number of aromatic hydroxyl groups is 1. The predicted octanol–water partition coefficient (Wildman–Crippen LogP) is 4.01. The first-order valence-electron chi connectivity index (χ1n) is 5.47. The average Bonchev–Trinajstić information content (AvgIpc) is 2.38. The van der Waals surface area contributed by atoms with Crippen molar-refractivity contribution in [3.63, 3.8) is 0 Å². The standard InChI is InChI=1S/C14H12N2O2/c1-10(17)13-9-12(18)7-8-14(13)16-15-11-5-3-2-4-6-11/h2-9,18H,1H3. The summed E-state index contributed by atoms with van der Waals surface area (Å²) in [5.74, 6) is -0.119. The highest BCUT2D eigenvalue weighted by molar-refractivity contribution is 5.99. The van der Waals surface area contributed by atoms with E-state index in [4.69, 9.17) is 0 Å². The molecule has 0 aliphatic carbocycles. The second-order valence-electron chi connectivity index (χ2n) is 3.79. The molecule has 4 heteroatoms. The molecular formula is C14H12N2O2. The van der Waals surface area contributed by atoms with E-state index in [1.54, 1.807) is 6.07 Å². The van der Waals surface area contributed by atoms with Crippen molar-refractivity contribution in [3.05, 3.63) is 54.1 Å². The predicted molar refractivity (Wildman–Crippen MR) is 68.7 cm³/mol. The molecule has 0 radical (unpaired) electrons. The van der Waals surface area contributed by atoms with Crippen LogP contribution in [0.25, 0.3) is 0 Å². The molecule has 1 N–H and O–H groups in total. The minimum atomic E-state index is -0.159. The van der Waals surface area contributed by atoms with Crippen LogP contribution in [0.3, 0.4) is 0 Å². The molecule has 90 valence electrons. The largest absolute Gasteiger partial charge is 0.508 e. The molecule has 0 unspecified atom stereocenters. The number of hydrogen-bond donors (Lipinski definition) is 1. The van der Waals surface area contributed by atoms with Gasteiger partial charge in [0.2, 0.25) is 0 Å². The summed E-state index contributed by atoms with van der Waals surface area (Å²) in [7, 11) is 0. The summed E-state index contributed by atoms with van der Waals surface area (Å²) < 4.78 is 0. The summed E-state index contributed by atoms with van der Waals surface area (Å²) >= 11 is 0. The number of carbonyl (C=O) groups is 1. The van der Waals surface area contributed by atoms with Crippen LogP contribution in [-0.2, 0) is 0 Å². The van der Waals surface area contributed by atoms with E-state index in [0.29, 0.717) is 16.9 Å². The quantitative estimate of drug-likeness (QED) is 0.650. The number of rotatable bonds is 3. The Morgan fingerprint density at radius 1 is 1.06 bits per heavy atom. The maximum Gasteiger partial charge on any atom is 0.162 e. The molecule has 0 amide bonds. The molecular weight excluding hydrogens is 228 g/mol. The lowest BCUT2D eigenvalue weighted by atomic mass is 10.1. The van der Waals surface area contributed by atoms with E-state index in [2.05, 4.69) is 10.2 Å². The number of ketones is 1. The van der Waals surface area contributed by atoms with Gasteiger partial charge in [0, 0.05) is 5.56 Å². The number of benzene rings is 2. The van der Waals surface area contributed by atoms with Crippen LogP contribution in [0.2, 0.25) is 0 Å². The molecule has 0 saturated carbocycles. The van der Waals surface area contributed by atoms with Crippen molar-refractivity contribution in [2.75, 3.05) is 0 Å². The number of phenolic OH excluding ortho intramolecular Hbond substituents is 1. The first kappa shape index (κ1) is 12.0. The molecule has 0 aliphatic heterocycles. The van der Waals surface area contributed by atoms with E-state index in [1.807, 2.05) is 30.3 Å². The van der Waals surface area contributed by atoms with E-state index in [-0.39, 0.29) is 11.5 Å². The second-order valence-corrected chi connectivity index (χ2v) is 3.79. The van der Waals surface area contributed by atoms with E-state index in [1.165, 1.54) is 19.1 Å². The topological polar surface area (TPSA) is 62.0 Å². The molecule has 4 nitrogen and oxygen atoms in total. The molecule has 0 bridgehead atoms. The molecule has 0 heterocycles. The molecule has 2 aromatic carbocycles. The fraction of sp³-hybridized carbons (Fsp3) is 0.0714. The van der Waals surface area contributed by atoms with Crippen LogP contribution in [0.1, 0.15) is 17.3 Å². The maximum atomic E-state index is 11.4. The zero-order valence-electron chi connectivity index (χ0n) is 9.87. The Balaban J connectivity index is 2.35. The van der Waals surface area contributed by atoms with Crippen molar-refractivity contribution < 1.29 is 9.90 Å². The Morgan fingerprint density at radius 2 is 1.78 bits per heavy atom. The van der Waals surface area contributed by atoms with Gasteiger partial charge in [-0.1, -0.05) is 18.2 Å². The van der Waals surface area contributed by atoms with Gasteiger partial charge in [-0.25, -0.2) is 0 Å². The smallest absolute Gasteiger partial charge is 0.162 e. The number of Topliss-reactive ketones (excluding diaryl/α,β-unsaturated/α-hetero) is 1. The zero-order valence-corrected chi connectivity index (χ0v) is 9.87. The average molecular weight is 240 g/mol. The van der Waals surface area contributed by atoms with Crippen molar-refractivity contribution >= 4 is 17.2 Å². The fourth-order valence-electron chi connectivity index (χ4n) is 1.50. The molecule has 0 fully saturated rings. The van der Waals surface area contributed by atoms with Gasteiger partial charge in [0.1, 0.15) is 5.75 Å². The van der Waals surface area contributed by atoms with Crippen molar-refractivity contribution in [1.82, 2.24) is 0 Å². The third kappa shape index (κ3) is 2.79. The van der Waals surface area contributed by atoms with Crippen LogP contribution in [0.15, 0.2) is 58.8 Å². The molecule has 0 atom stereocenters. The van der Waals surface area contributed by atoms with E-state index in [9.17, 15) is 9.90 Å². The Kier molecular flexibility index (Phi) is 3.48. The summed E-state index contributed by atoms with van der Waals surface area (Å²) in [5, 5.41) is 17.4.